The van der Waals surface area contributed by atoms with Crippen LogP contribution in [0.25, 0.3) is 10.9 Å². The molecule has 5 atom stereocenters. The average molecular weight is 620 g/mol. The lowest BCUT2D eigenvalue weighted by atomic mass is 9.97. The summed E-state index contributed by atoms with van der Waals surface area (Å²) in [6, 6.07) is 12.6. The normalized spacial score (nSPS) is 22.8. The van der Waals surface area contributed by atoms with Gasteiger partial charge in [-0.25, -0.2) is 0 Å². The monoisotopic (exact) mass is 619 g/mol. The van der Waals surface area contributed by atoms with Gasteiger partial charge in [0.05, 0.1) is 17.1 Å². The smallest absolute Gasteiger partial charge is 0.303 e. The van der Waals surface area contributed by atoms with Crippen LogP contribution in [0.1, 0.15) is 57.4 Å². The number of benzene rings is 2. The van der Waals surface area contributed by atoms with E-state index in [2.05, 4.69) is 0 Å². The minimum absolute atomic E-state index is 0.398. The Morgan fingerprint density at radius 1 is 0.884 bits per heavy atom. The van der Waals surface area contributed by atoms with Gasteiger partial charge in [-0.1, -0.05) is 29.8 Å². The Kier molecular flexibility index (Phi) is 8.59. The second-order valence-electron chi connectivity index (χ2n) is 9.56. The maximum Gasteiger partial charge on any atom is 0.303 e. The molecule has 0 aliphatic carbocycles. The molecule has 2 heterocycles. The Bertz CT molecular complexity index is 1570. The highest BCUT2D eigenvalue weighted by Crippen LogP contribution is 2.39. The molecule has 43 heavy (non-hydrogen) atoms. The van der Waals surface area contributed by atoms with Gasteiger partial charge < -0.3 is 33.0 Å². The van der Waals surface area contributed by atoms with Gasteiger partial charge >= 0.3 is 23.9 Å². The molecule has 4 rings (SSSR count). The summed E-state index contributed by atoms with van der Waals surface area (Å²) < 4.78 is 65.0. The lowest BCUT2D eigenvalue weighted by Crippen LogP contribution is -2.60. The first-order valence-electron chi connectivity index (χ1n) is 16.0. The summed E-state index contributed by atoms with van der Waals surface area (Å²) in [6.45, 7) is -1.37. The van der Waals surface area contributed by atoms with Crippen LogP contribution in [0.3, 0.4) is 0 Å². The quantitative estimate of drug-likeness (QED) is 0.236. The number of carbonyl (C=O) groups is 4. The van der Waals surface area contributed by atoms with Gasteiger partial charge in [0.1, 0.15) is 18.5 Å². The predicted octanol–water partition coefficient (Wildman–Crippen LogP) is 4.54. The summed E-state index contributed by atoms with van der Waals surface area (Å²) in [6.07, 6.45) is -5.33. The topological polar surface area (TPSA) is 129 Å². The minimum atomic E-state index is -1.62. The van der Waals surface area contributed by atoms with Crippen LogP contribution in [0, 0.1) is 0 Å². The fraction of sp³-hybridized carbons (Fsp3) is 0.419. The van der Waals surface area contributed by atoms with E-state index in [1.165, 1.54) is 0 Å². The van der Waals surface area contributed by atoms with Crippen LogP contribution in [0.2, 0.25) is 5.02 Å². The van der Waals surface area contributed by atoms with E-state index in [1.54, 1.807) is 29.0 Å². The number of aromatic nitrogens is 1. The lowest BCUT2D eigenvalue weighted by Gasteiger charge is -2.44. The summed E-state index contributed by atoms with van der Waals surface area (Å²) in [5, 5.41) is 1.04. The van der Waals surface area contributed by atoms with E-state index < -0.39 is 88.7 Å². The maximum absolute atomic E-state index is 12.6. The molecule has 0 N–H and O–H groups in total. The van der Waals surface area contributed by atoms with E-state index >= 15 is 0 Å². The van der Waals surface area contributed by atoms with Gasteiger partial charge in [0.2, 0.25) is 0 Å². The molecule has 12 heteroatoms. The molecule has 0 saturated carbocycles. The molecular weight excluding hydrogens is 582 g/mol. The van der Waals surface area contributed by atoms with Crippen molar-refractivity contribution in [2.24, 2.45) is 0 Å². The number of halogens is 1. The third-order valence-electron chi connectivity index (χ3n) is 6.61. The van der Waals surface area contributed by atoms with Crippen LogP contribution in [0.15, 0.2) is 48.7 Å². The SMILES string of the molecule is [2H]CC(=O)OC[C@H]1OC(n2cc(Cc3ccc(OCC)cc3)c3c(Cl)cccc32)[C@H](OC(=O)C[2H])[C@@H](OC(=O)C[2H])[C@@H]1OC(=O)C[2H]. The zero-order valence-corrected chi connectivity index (χ0v) is 24.1. The molecule has 1 saturated heterocycles. The molecule has 11 nitrogen and oxygen atoms in total. The number of carbonyl (C=O) groups excluding carboxylic acids is 4. The largest absolute Gasteiger partial charge is 0.494 e. The molecule has 1 fully saturated rings. The van der Waals surface area contributed by atoms with Gasteiger partial charge in [-0.2, -0.15) is 0 Å². The summed E-state index contributed by atoms with van der Waals surface area (Å²) in [5.41, 5.74) is 2.17. The Balaban J connectivity index is 1.87. The number of fused-ring (bicyclic) bond motifs is 1. The predicted molar refractivity (Wildman–Crippen MR) is 155 cm³/mol. The second kappa shape index (κ2) is 13.9. The highest BCUT2D eigenvalue weighted by Gasteiger charge is 2.53. The second-order valence-corrected chi connectivity index (χ2v) is 9.97. The maximum atomic E-state index is 12.6. The molecular formula is C31H34ClNO10. The summed E-state index contributed by atoms with van der Waals surface area (Å²) >= 11 is 6.71. The third-order valence-corrected chi connectivity index (χ3v) is 6.92. The number of rotatable bonds is 10. The molecule has 1 aromatic heterocycles. The van der Waals surface area contributed by atoms with Gasteiger partial charge in [0.25, 0.3) is 0 Å². The standard InChI is InChI=1S/C31H34ClNO10/c1-6-38-23-12-10-21(11-13-23)14-22-15-33(25-9-7-8-24(32)27(22)25)31-30(42-20(5)37)29(41-19(4)36)28(40-18(3)35)26(43-31)16-39-17(2)34/h7-13,15,26,28-31H,6,14,16H2,1-5H3/t26-,28-,29+,30-,31?/m1/s1/i2D,3D,4D,5D. The Hall–Kier alpha value is -4.09. The van der Waals surface area contributed by atoms with Crippen molar-refractivity contribution in [2.75, 3.05) is 13.2 Å². The fourth-order valence-electron chi connectivity index (χ4n) is 5.07. The van der Waals surface area contributed by atoms with Gasteiger partial charge in [-0.3, -0.25) is 19.2 Å². The Morgan fingerprint density at radius 2 is 1.53 bits per heavy atom. The van der Waals surface area contributed by atoms with Crippen molar-refractivity contribution in [1.29, 1.82) is 0 Å². The minimum Gasteiger partial charge on any atom is -0.494 e. The van der Waals surface area contributed by atoms with E-state index in [1.807, 2.05) is 31.2 Å². The van der Waals surface area contributed by atoms with Crippen LogP contribution in [-0.4, -0.2) is 66.1 Å². The lowest BCUT2D eigenvalue weighted by molar-refractivity contribution is -0.267. The van der Waals surface area contributed by atoms with Crippen molar-refractivity contribution in [1.82, 2.24) is 4.57 Å². The molecule has 1 unspecified atom stereocenters. The highest BCUT2D eigenvalue weighted by molar-refractivity contribution is 6.35. The summed E-state index contributed by atoms with van der Waals surface area (Å²) in [7, 11) is 0. The molecule has 1 aliphatic rings. The van der Waals surface area contributed by atoms with Crippen molar-refractivity contribution in [3.05, 3.63) is 64.8 Å². The van der Waals surface area contributed by atoms with Crippen LogP contribution in [0.4, 0.5) is 0 Å². The molecule has 2 aromatic carbocycles. The van der Waals surface area contributed by atoms with Crippen LogP contribution >= 0.6 is 11.6 Å². The molecule has 230 valence electrons. The first-order chi connectivity index (χ1) is 22.6. The van der Waals surface area contributed by atoms with E-state index in [0.29, 0.717) is 34.7 Å². The van der Waals surface area contributed by atoms with E-state index in [4.69, 9.17) is 45.5 Å². The zero-order valence-electron chi connectivity index (χ0n) is 27.4. The number of nitrogens with zero attached hydrogens (tertiary/aromatic N) is 1. The van der Waals surface area contributed by atoms with Crippen molar-refractivity contribution in [2.45, 2.75) is 71.6 Å². The number of ether oxygens (including phenoxy) is 6. The van der Waals surface area contributed by atoms with Gasteiger partial charge in [-0.05, 0) is 48.7 Å². The number of esters is 4. The fourth-order valence-corrected chi connectivity index (χ4v) is 5.36. The highest BCUT2D eigenvalue weighted by atomic mass is 35.5. The Labute approximate surface area is 259 Å². The van der Waals surface area contributed by atoms with Gasteiger partial charge in [-0.15, -0.1) is 0 Å². The van der Waals surface area contributed by atoms with Crippen LogP contribution in [-0.2, 0) is 49.3 Å². The molecule has 0 bridgehead atoms. The van der Waals surface area contributed by atoms with Crippen molar-refractivity contribution in [3.63, 3.8) is 0 Å². The first kappa shape index (κ1) is 26.5. The number of hydrogen-bond acceptors (Lipinski definition) is 10. The first-order valence-corrected chi connectivity index (χ1v) is 13.6. The van der Waals surface area contributed by atoms with E-state index in [0.717, 1.165) is 11.1 Å². The summed E-state index contributed by atoms with van der Waals surface area (Å²) in [5.74, 6) is -3.36. The van der Waals surface area contributed by atoms with Crippen molar-refractivity contribution in [3.8, 4) is 5.75 Å². The number of hydrogen-bond donors (Lipinski definition) is 0. The Morgan fingerprint density at radius 3 is 2.19 bits per heavy atom. The van der Waals surface area contributed by atoms with Crippen molar-refractivity contribution < 1.29 is 53.1 Å². The molecule has 0 radical (unpaired) electrons. The van der Waals surface area contributed by atoms with E-state index in [-0.39, 0.29) is 0 Å². The van der Waals surface area contributed by atoms with E-state index in [9.17, 15) is 19.2 Å². The molecule has 1 aliphatic heterocycles. The zero-order chi connectivity index (χ0) is 34.1. The van der Waals surface area contributed by atoms with Crippen LogP contribution in [0.5, 0.6) is 5.75 Å². The third kappa shape index (κ3) is 7.66. The molecule has 0 spiro atoms. The summed E-state index contributed by atoms with van der Waals surface area (Å²) in [4.78, 5) is 49.4. The van der Waals surface area contributed by atoms with Crippen LogP contribution < -0.4 is 4.74 Å². The van der Waals surface area contributed by atoms with Gasteiger partial charge in [0.15, 0.2) is 24.5 Å². The van der Waals surface area contributed by atoms with Crippen molar-refractivity contribution >= 4 is 46.4 Å². The van der Waals surface area contributed by atoms with Gasteiger partial charge in [0, 0.05) is 44.7 Å². The average Bonchev–Trinajstić information content (AvgIpc) is 3.44. The molecule has 0 amide bonds. The molecule has 3 aromatic rings.